The van der Waals surface area contributed by atoms with Crippen LogP contribution in [0.5, 0.6) is 5.88 Å². The van der Waals surface area contributed by atoms with Crippen molar-refractivity contribution < 1.29 is 14.6 Å². The molecule has 0 radical (unpaired) electrons. The molecule has 7 heteroatoms. The second kappa shape index (κ2) is 10.7. The third kappa shape index (κ3) is 5.42. The molecule has 3 aliphatic rings. The van der Waals surface area contributed by atoms with Gasteiger partial charge in [0.15, 0.2) is 0 Å². The molecule has 1 amide bonds. The molecule has 1 atom stereocenters. The van der Waals surface area contributed by atoms with Gasteiger partial charge >= 0.3 is 0 Å². The number of allylic oxidation sites excluding steroid dienone is 5. The van der Waals surface area contributed by atoms with E-state index < -0.39 is 11.5 Å². The van der Waals surface area contributed by atoms with Gasteiger partial charge < -0.3 is 19.6 Å². The summed E-state index contributed by atoms with van der Waals surface area (Å²) in [5, 5.41) is 11.9. The third-order valence-corrected chi connectivity index (χ3v) is 7.60. The zero-order valence-electron chi connectivity index (χ0n) is 21.2. The standard InChI is InChI=1S/C30H32ClN3O3/c1-33(2)29(35)25-7-3-9-27-26(25)20-21(24-8-4-16-32-28(24)37-27)6-5-17-34-18-14-30(36,15-19-34)22-10-12-23(31)13-11-22/h3-4,6-13,16,20,25,36H,5,14-15,17-19H2,1-2H3. The summed E-state index contributed by atoms with van der Waals surface area (Å²) in [4.78, 5) is 21.4. The quantitative estimate of drug-likeness (QED) is 0.606. The molecule has 0 spiro atoms. The van der Waals surface area contributed by atoms with Crippen molar-refractivity contribution in [3.8, 4) is 5.88 Å². The molecule has 5 rings (SSSR count). The lowest BCUT2D eigenvalue weighted by molar-refractivity contribution is -0.130. The summed E-state index contributed by atoms with van der Waals surface area (Å²) in [6, 6.07) is 11.4. The van der Waals surface area contributed by atoms with Gasteiger partial charge in [-0.3, -0.25) is 4.79 Å². The average molecular weight is 518 g/mol. The number of carbonyl (C=O) groups excluding carboxylic acids is 1. The number of aromatic nitrogens is 1. The SMILES string of the molecule is CN(C)C(=O)C1C=CC=C2Oc3ncccc3C(=CCCN3CCC(O)(c4ccc(Cl)cc4)CC3)C=C21. The van der Waals surface area contributed by atoms with E-state index in [-0.39, 0.29) is 5.91 Å². The van der Waals surface area contributed by atoms with Crippen LogP contribution < -0.4 is 4.74 Å². The average Bonchev–Trinajstić information content (AvgIpc) is 3.06. The Kier molecular flexibility index (Phi) is 7.33. The lowest BCUT2D eigenvalue weighted by atomic mass is 9.84. The number of benzene rings is 1. The summed E-state index contributed by atoms with van der Waals surface area (Å²) >= 11 is 6.02. The highest BCUT2D eigenvalue weighted by Crippen LogP contribution is 2.38. The Labute approximate surface area is 223 Å². The van der Waals surface area contributed by atoms with Crippen molar-refractivity contribution in [2.75, 3.05) is 33.7 Å². The summed E-state index contributed by atoms with van der Waals surface area (Å²) in [6.45, 7) is 2.52. The Bertz CT molecular complexity index is 1290. The van der Waals surface area contributed by atoms with Gasteiger partial charge in [-0.15, -0.1) is 0 Å². The lowest BCUT2D eigenvalue weighted by Crippen LogP contribution is -2.42. The number of nitrogens with zero attached hydrogens (tertiary/aromatic N) is 3. The van der Waals surface area contributed by atoms with Gasteiger partial charge in [-0.2, -0.15) is 0 Å². The van der Waals surface area contributed by atoms with E-state index in [4.69, 9.17) is 16.3 Å². The highest BCUT2D eigenvalue weighted by atomic mass is 35.5. The Hall–Kier alpha value is -3.19. The number of aliphatic hydroxyl groups is 1. The molecule has 1 unspecified atom stereocenters. The van der Waals surface area contributed by atoms with Gasteiger partial charge in [0.05, 0.1) is 11.5 Å². The van der Waals surface area contributed by atoms with Crippen molar-refractivity contribution in [3.63, 3.8) is 0 Å². The van der Waals surface area contributed by atoms with Crippen molar-refractivity contribution in [1.29, 1.82) is 0 Å². The molecule has 2 aliphatic heterocycles. The van der Waals surface area contributed by atoms with Crippen molar-refractivity contribution >= 4 is 23.1 Å². The topological polar surface area (TPSA) is 65.9 Å². The number of rotatable bonds is 5. The van der Waals surface area contributed by atoms with Crippen LogP contribution >= 0.6 is 11.6 Å². The first-order valence-electron chi connectivity index (χ1n) is 12.7. The van der Waals surface area contributed by atoms with E-state index in [1.54, 1.807) is 25.2 Å². The van der Waals surface area contributed by atoms with E-state index in [1.165, 1.54) is 0 Å². The molecular formula is C30H32ClN3O3. The fourth-order valence-electron chi connectivity index (χ4n) is 5.16. The lowest BCUT2D eigenvalue weighted by Gasteiger charge is -2.38. The molecule has 1 aliphatic carbocycles. The van der Waals surface area contributed by atoms with Crippen LogP contribution in [0.25, 0.3) is 5.57 Å². The Balaban J connectivity index is 1.32. The van der Waals surface area contributed by atoms with Gasteiger partial charge in [-0.1, -0.05) is 42.0 Å². The fourth-order valence-corrected chi connectivity index (χ4v) is 5.29. The summed E-state index contributed by atoms with van der Waals surface area (Å²) < 4.78 is 6.19. The molecule has 1 fully saturated rings. The number of hydrogen-bond donors (Lipinski definition) is 1. The van der Waals surface area contributed by atoms with E-state index in [0.29, 0.717) is 29.5 Å². The molecule has 1 aromatic carbocycles. The zero-order valence-corrected chi connectivity index (χ0v) is 22.0. The van der Waals surface area contributed by atoms with Gasteiger partial charge in [-0.25, -0.2) is 4.98 Å². The molecular weight excluding hydrogens is 486 g/mol. The first kappa shape index (κ1) is 25.5. The largest absolute Gasteiger partial charge is 0.438 e. The van der Waals surface area contributed by atoms with Gasteiger partial charge in [0.25, 0.3) is 0 Å². The molecule has 1 N–H and O–H groups in total. The smallest absolute Gasteiger partial charge is 0.233 e. The van der Waals surface area contributed by atoms with Crippen molar-refractivity contribution in [1.82, 2.24) is 14.8 Å². The molecule has 192 valence electrons. The second-order valence-electron chi connectivity index (χ2n) is 10.0. The maximum atomic E-state index is 12.9. The van der Waals surface area contributed by atoms with E-state index in [9.17, 15) is 9.90 Å². The van der Waals surface area contributed by atoms with E-state index in [0.717, 1.165) is 48.3 Å². The van der Waals surface area contributed by atoms with Gasteiger partial charge in [0.1, 0.15) is 5.76 Å². The van der Waals surface area contributed by atoms with Crippen LogP contribution in [0.15, 0.2) is 84.3 Å². The minimum absolute atomic E-state index is 0.0106. The maximum Gasteiger partial charge on any atom is 0.233 e. The molecule has 37 heavy (non-hydrogen) atoms. The maximum absolute atomic E-state index is 12.9. The number of piperidine rings is 1. The van der Waals surface area contributed by atoms with E-state index >= 15 is 0 Å². The van der Waals surface area contributed by atoms with Crippen LogP contribution in [0.2, 0.25) is 5.02 Å². The van der Waals surface area contributed by atoms with Crippen LogP contribution in [-0.2, 0) is 10.4 Å². The molecule has 6 nitrogen and oxygen atoms in total. The number of hydrogen-bond acceptors (Lipinski definition) is 5. The zero-order chi connectivity index (χ0) is 26.0. The number of halogens is 1. The number of fused-ring (bicyclic) bond motifs is 2. The second-order valence-corrected chi connectivity index (χ2v) is 10.4. The summed E-state index contributed by atoms with van der Waals surface area (Å²) in [5.74, 6) is 0.809. The molecule has 1 saturated heterocycles. The number of ether oxygens (including phenoxy) is 1. The number of carbonyl (C=O) groups is 1. The summed E-state index contributed by atoms with van der Waals surface area (Å²) in [7, 11) is 3.54. The molecule has 0 saturated carbocycles. The van der Waals surface area contributed by atoms with Crippen LogP contribution in [0.1, 0.15) is 30.4 Å². The number of pyridine rings is 1. The third-order valence-electron chi connectivity index (χ3n) is 7.35. The Morgan fingerprint density at radius 2 is 2.00 bits per heavy atom. The van der Waals surface area contributed by atoms with Gasteiger partial charge in [-0.05, 0) is 66.8 Å². The minimum Gasteiger partial charge on any atom is -0.438 e. The molecule has 3 heterocycles. The van der Waals surface area contributed by atoms with Crippen LogP contribution in [0.3, 0.4) is 0 Å². The van der Waals surface area contributed by atoms with E-state index in [1.807, 2.05) is 54.6 Å². The van der Waals surface area contributed by atoms with E-state index in [2.05, 4.69) is 22.0 Å². The highest BCUT2D eigenvalue weighted by molar-refractivity contribution is 6.30. The van der Waals surface area contributed by atoms with Gasteiger partial charge in [0.2, 0.25) is 11.8 Å². The predicted octanol–water partition coefficient (Wildman–Crippen LogP) is 4.97. The Morgan fingerprint density at radius 1 is 1.24 bits per heavy atom. The monoisotopic (exact) mass is 517 g/mol. The Morgan fingerprint density at radius 3 is 2.73 bits per heavy atom. The molecule has 2 aromatic rings. The number of amides is 1. The summed E-state index contributed by atoms with van der Waals surface area (Å²) in [6.07, 6.45) is 13.9. The highest BCUT2D eigenvalue weighted by Gasteiger charge is 2.34. The van der Waals surface area contributed by atoms with Crippen LogP contribution in [0.4, 0.5) is 0 Å². The van der Waals surface area contributed by atoms with Crippen molar-refractivity contribution in [2.45, 2.75) is 24.9 Å². The summed E-state index contributed by atoms with van der Waals surface area (Å²) in [5.41, 5.74) is 2.88. The van der Waals surface area contributed by atoms with Crippen molar-refractivity contribution in [2.24, 2.45) is 5.92 Å². The minimum atomic E-state index is -0.807. The van der Waals surface area contributed by atoms with Crippen LogP contribution in [0, 0.1) is 5.92 Å². The first-order chi connectivity index (χ1) is 17.8. The number of likely N-dealkylation sites (tertiary alicyclic amines) is 1. The van der Waals surface area contributed by atoms with Crippen LogP contribution in [-0.4, -0.2) is 59.5 Å². The first-order valence-corrected chi connectivity index (χ1v) is 13.1. The van der Waals surface area contributed by atoms with Gasteiger partial charge in [0, 0.05) is 56.1 Å². The normalized spacial score (nSPS) is 21.7. The van der Waals surface area contributed by atoms with Crippen molar-refractivity contribution in [3.05, 3.63) is 100 Å². The predicted molar refractivity (Wildman–Crippen MR) is 146 cm³/mol. The molecule has 1 aromatic heterocycles. The molecule has 0 bridgehead atoms. The fraction of sp³-hybridized carbons (Fsp3) is 0.333.